The number of carbonyl (C=O) groups is 2. The maximum Gasteiger partial charge on any atom is 0.249 e. The number of nitrogens with zero attached hydrogens (tertiary/aromatic N) is 2. The second-order valence-electron chi connectivity index (χ2n) is 12.0. The van der Waals surface area contributed by atoms with Crippen LogP contribution in [0.15, 0.2) is 60.9 Å². The minimum Gasteiger partial charge on any atom is -0.371 e. The van der Waals surface area contributed by atoms with Crippen molar-refractivity contribution in [3.05, 3.63) is 72.6 Å². The van der Waals surface area contributed by atoms with Gasteiger partial charge in [-0.2, -0.15) is 4.94 Å². The number of aromatic amines is 2. The van der Waals surface area contributed by atoms with Gasteiger partial charge in [-0.15, -0.1) is 0 Å². The van der Waals surface area contributed by atoms with Gasteiger partial charge in [-0.1, -0.05) is 76.2 Å². The molecule has 4 rings (SSSR count). The molecule has 2 atom stereocenters. The molecule has 47 heavy (non-hydrogen) atoms. The number of H-pyrrole nitrogens is 2. The average Bonchev–Trinajstić information content (AvgIpc) is 3.75. The molecule has 2 amide bonds. The molecule has 5 N–H and O–H groups in total. The van der Waals surface area contributed by atoms with Crippen molar-refractivity contribution in [1.82, 2.24) is 30.6 Å². The maximum atomic E-state index is 12.5. The molecule has 2 aromatic heterocycles. The Bertz CT molecular complexity index is 1550. The number of carbonyl (C=O) groups excluding carboxylic acids is 2. The lowest BCUT2D eigenvalue weighted by atomic mass is 10.0. The van der Waals surface area contributed by atoms with Crippen LogP contribution in [0.5, 0.6) is 0 Å². The number of benzene rings is 2. The number of rotatable bonds is 18. The van der Waals surface area contributed by atoms with Crippen LogP contribution in [0.1, 0.15) is 51.9 Å². The second kappa shape index (κ2) is 17.5. The summed E-state index contributed by atoms with van der Waals surface area (Å²) >= 11 is 0. The molecule has 0 aliphatic heterocycles. The van der Waals surface area contributed by atoms with E-state index < -0.39 is 25.8 Å². The maximum absolute atomic E-state index is 12.5. The van der Waals surface area contributed by atoms with E-state index in [4.69, 9.17) is 9.47 Å². The van der Waals surface area contributed by atoms with Gasteiger partial charge in [0.1, 0.15) is 30.6 Å². The number of hydrogen-bond acceptors (Lipinski definition) is 8. The van der Waals surface area contributed by atoms with Gasteiger partial charge in [0.2, 0.25) is 11.8 Å². The summed E-state index contributed by atoms with van der Waals surface area (Å²) in [5, 5.41) is 15.0. The van der Waals surface area contributed by atoms with E-state index in [1.165, 1.54) is 0 Å². The van der Waals surface area contributed by atoms with E-state index in [9.17, 15) is 19.2 Å². The van der Waals surface area contributed by atoms with Gasteiger partial charge >= 0.3 is 0 Å². The fraction of sp³-hybridized carbons (Fsp3) is 0.412. The Hall–Kier alpha value is -4.43. The molecule has 0 bridgehead atoms. The Balaban J connectivity index is 1.39. The molecule has 2 unspecified atom stereocenters. The lowest BCUT2D eigenvalue weighted by molar-refractivity contribution is -0.224. The third-order valence-corrected chi connectivity index (χ3v) is 7.28. The van der Waals surface area contributed by atoms with Crippen LogP contribution in [0.2, 0.25) is 0 Å². The summed E-state index contributed by atoms with van der Waals surface area (Å²) in [6, 6.07) is 15.9. The highest BCUT2D eigenvalue weighted by atomic mass is 19.3. The minimum atomic E-state index is -0.960. The smallest absolute Gasteiger partial charge is 0.249 e. The highest BCUT2D eigenvalue weighted by Crippen LogP contribution is 2.28. The SMILES string of the molecule is CC(C)CNC(=O)CC(OCO)c1ncc(-c2ccc(-c3ccc(-c4cnc(CC(OCOF)C(=O)NCC(C)C)[nH]4)cc3)cc2)[nH]1. The summed E-state index contributed by atoms with van der Waals surface area (Å²) in [6.45, 7) is 7.82. The quantitative estimate of drug-likeness (QED) is 0.0954. The fourth-order valence-electron chi connectivity index (χ4n) is 4.76. The lowest BCUT2D eigenvalue weighted by Crippen LogP contribution is -2.40. The van der Waals surface area contributed by atoms with Crippen LogP contribution in [0.25, 0.3) is 33.6 Å². The Morgan fingerprint density at radius 3 is 1.94 bits per heavy atom. The van der Waals surface area contributed by atoms with Crippen molar-refractivity contribution < 1.29 is 33.6 Å². The molecule has 2 heterocycles. The van der Waals surface area contributed by atoms with Gasteiger partial charge in [-0.25, -0.2) is 9.97 Å². The normalized spacial score (nSPS) is 12.8. The molecule has 0 spiro atoms. The first-order valence-electron chi connectivity index (χ1n) is 15.6. The molecule has 2 aromatic carbocycles. The molecule has 13 heteroatoms. The number of ether oxygens (including phenoxy) is 2. The summed E-state index contributed by atoms with van der Waals surface area (Å²) in [7, 11) is 0. The van der Waals surface area contributed by atoms with Crippen LogP contribution >= 0.6 is 0 Å². The van der Waals surface area contributed by atoms with Crippen molar-refractivity contribution >= 4 is 11.8 Å². The number of amides is 2. The molecule has 0 fully saturated rings. The van der Waals surface area contributed by atoms with Gasteiger partial charge in [0.05, 0.1) is 30.2 Å². The van der Waals surface area contributed by atoms with Crippen molar-refractivity contribution in [3.8, 4) is 33.6 Å². The second-order valence-corrected chi connectivity index (χ2v) is 12.0. The highest BCUT2D eigenvalue weighted by molar-refractivity contribution is 5.81. The van der Waals surface area contributed by atoms with Gasteiger partial charge < -0.3 is 35.2 Å². The fourth-order valence-corrected chi connectivity index (χ4v) is 4.76. The van der Waals surface area contributed by atoms with Gasteiger partial charge in [-0.3, -0.25) is 9.59 Å². The molecule has 12 nitrogen and oxygen atoms in total. The number of nitrogens with one attached hydrogen (secondary N) is 4. The Kier molecular flexibility index (Phi) is 13.2. The van der Waals surface area contributed by atoms with Crippen LogP contribution < -0.4 is 10.6 Å². The number of aliphatic hydroxyl groups excluding tert-OH is 1. The van der Waals surface area contributed by atoms with E-state index in [2.05, 4.69) is 35.5 Å². The average molecular weight is 651 g/mol. The van der Waals surface area contributed by atoms with Crippen molar-refractivity contribution in [2.24, 2.45) is 11.8 Å². The molecule has 0 aliphatic carbocycles. The van der Waals surface area contributed by atoms with Crippen LogP contribution in [0.3, 0.4) is 0 Å². The van der Waals surface area contributed by atoms with E-state index in [0.29, 0.717) is 30.7 Å². The van der Waals surface area contributed by atoms with Gasteiger partial charge in [0.25, 0.3) is 0 Å². The van der Waals surface area contributed by atoms with Crippen LogP contribution in [-0.2, 0) is 30.4 Å². The van der Waals surface area contributed by atoms with Crippen LogP contribution in [-0.4, -0.2) is 69.6 Å². The van der Waals surface area contributed by atoms with Crippen molar-refractivity contribution in [1.29, 1.82) is 0 Å². The van der Waals surface area contributed by atoms with Gasteiger partial charge in [-0.05, 0) is 38.6 Å². The third-order valence-electron chi connectivity index (χ3n) is 7.28. The predicted octanol–water partition coefficient (Wildman–Crippen LogP) is 4.86. The van der Waals surface area contributed by atoms with E-state index >= 15 is 0 Å². The van der Waals surface area contributed by atoms with Crippen LogP contribution in [0, 0.1) is 11.8 Å². The van der Waals surface area contributed by atoms with Gasteiger partial charge in [0.15, 0.2) is 6.79 Å². The van der Waals surface area contributed by atoms with Crippen molar-refractivity contribution in [3.63, 3.8) is 0 Å². The van der Waals surface area contributed by atoms with Crippen LogP contribution in [0.4, 0.5) is 4.53 Å². The summed E-state index contributed by atoms with van der Waals surface area (Å²) in [4.78, 5) is 43.6. The molecule has 252 valence electrons. The monoisotopic (exact) mass is 650 g/mol. The Labute approximate surface area is 273 Å². The number of aliphatic hydroxyl groups is 1. The number of hydrogen-bond donors (Lipinski definition) is 5. The molecular weight excluding hydrogens is 607 g/mol. The topological polar surface area (TPSA) is 163 Å². The summed E-state index contributed by atoms with van der Waals surface area (Å²) < 4.78 is 22.9. The first-order valence-corrected chi connectivity index (χ1v) is 15.6. The summed E-state index contributed by atoms with van der Waals surface area (Å²) in [6.07, 6.45) is 1.86. The van der Waals surface area contributed by atoms with E-state index in [1.54, 1.807) is 12.4 Å². The third kappa shape index (κ3) is 10.5. The van der Waals surface area contributed by atoms with Gasteiger partial charge in [0, 0.05) is 19.5 Å². The zero-order chi connectivity index (χ0) is 33.8. The number of imidazole rings is 2. The molecule has 0 saturated heterocycles. The number of aromatic nitrogens is 4. The van der Waals surface area contributed by atoms with E-state index in [0.717, 1.165) is 33.6 Å². The first kappa shape index (κ1) is 35.4. The molecule has 0 radical (unpaired) electrons. The Morgan fingerprint density at radius 1 is 0.809 bits per heavy atom. The van der Waals surface area contributed by atoms with Crippen molar-refractivity contribution in [2.45, 2.75) is 52.7 Å². The largest absolute Gasteiger partial charge is 0.371 e. The summed E-state index contributed by atoms with van der Waals surface area (Å²) in [5.41, 5.74) is 5.35. The Morgan fingerprint density at radius 2 is 1.36 bits per heavy atom. The van der Waals surface area contributed by atoms with E-state index in [1.807, 2.05) is 76.2 Å². The zero-order valence-electron chi connectivity index (χ0n) is 27.1. The molecular formula is C34H43FN6O6. The molecule has 4 aromatic rings. The first-order chi connectivity index (χ1) is 22.7. The van der Waals surface area contributed by atoms with E-state index in [-0.39, 0.29) is 30.6 Å². The zero-order valence-corrected chi connectivity index (χ0v) is 27.1. The molecule has 0 saturated carbocycles. The standard InChI is InChI=1S/C34H43FN6O6/c1-21(2)15-37-32(43)14-29(45-19-42)33-38-18-28(41-33)26-11-7-24(8-12-26)23-5-9-25(10-6-23)27-17-36-31(40-27)13-30(46-20-47-35)34(44)39-16-22(3)4/h5-12,17-18,21-22,29-30,42H,13-16,19-20H2,1-4H3,(H,36,40)(H,37,43)(H,38,41)(H,39,44). The lowest BCUT2D eigenvalue weighted by Gasteiger charge is -2.16. The minimum absolute atomic E-state index is 0.0372. The highest BCUT2D eigenvalue weighted by Gasteiger charge is 2.23. The molecule has 0 aliphatic rings. The summed E-state index contributed by atoms with van der Waals surface area (Å²) in [5.74, 6) is 1.02. The predicted molar refractivity (Wildman–Crippen MR) is 174 cm³/mol. The number of halogens is 1. The van der Waals surface area contributed by atoms with Crippen molar-refractivity contribution in [2.75, 3.05) is 26.7 Å².